The lowest BCUT2D eigenvalue weighted by Crippen LogP contribution is -2.35. The molecule has 1 fully saturated rings. The lowest BCUT2D eigenvalue weighted by atomic mass is 10.0. The highest BCUT2D eigenvalue weighted by molar-refractivity contribution is 7.91. The van der Waals surface area contributed by atoms with Gasteiger partial charge in [-0.25, -0.2) is 8.42 Å². The summed E-state index contributed by atoms with van der Waals surface area (Å²) in [6.07, 6.45) is 0.371. The van der Waals surface area contributed by atoms with Gasteiger partial charge in [0.15, 0.2) is 9.84 Å². The number of amides is 1. The standard InChI is InChI=1S/C20H19NO4S/c22-20(16-10-11-26(23,24)13-16)21-19(14-6-2-1-3-7-14)18-12-15-8-4-5-9-17(15)25-18/h1-9,12,16,19H,10-11,13H2,(H,21,22)/t16-,19+/m1/s1. The van der Waals surface area contributed by atoms with E-state index in [1.54, 1.807) is 0 Å². The number of carbonyl (C=O) groups is 1. The summed E-state index contributed by atoms with van der Waals surface area (Å²) in [6.45, 7) is 0. The van der Waals surface area contributed by atoms with Crippen molar-refractivity contribution >= 4 is 26.7 Å². The van der Waals surface area contributed by atoms with E-state index < -0.39 is 21.8 Å². The van der Waals surface area contributed by atoms with Crippen molar-refractivity contribution in [3.05, 3.63) is 72.0 Å². The van der Waals surface area contributed by atoms with Crippen LogP contribution in [-0.2, 0) is 14.6 Å². The summed E-state index contributed by atoms with van der Waals surface area (Å²) in [5.74, 6) is -0.130. The van der Waals surface area contributed by atoms with Gasteiger partial charge in [-0.1, -0.05) is 48.5 Å². The molecule has 26 heavy (non-hydrogen) atoms. The zero-order chi connectivity index (χ0) is 18.1. The molecule has 1 aliphatic heterocycles. The van der Waals surface area contributed by atoms with Gasteiger partial charge in [-0.2, -0.15) is 0 Å². The first-order valence-electron chi connectivity index (χ1n) is 8.56. The fourth-order valence-electron chi connectivity index (χ4n) is 3.37. The minimum Gasteiger partial charge on any atom is -0.459 e. The van der Waals surface area contributed by atoms with E-state index in [1.807, 2.05) is 60.7 Å². The average Bonchev–Trinajstić information content (AvgIpc) is 3.23. The minimum atomic E-state index is -3.11. The van der Waals surface area contributed by atoms with Gasteiger partial charge in [0.25, 0.3) is 0 Å². The number of benzene rings is 2. The first kappa shape index (κ1) is 16.8. The zero-order valence-corrected chi connectivity index (χ0v) is 14.9. The van der Waals surface area contributed by atoms with Crippen LogP contribution in [0.2, 0.25) is 0 Å². The molecule has 2 heterocycles. The smallest absolute Gasteiger partial charge is 0.225 e. The molecular formula is C20H19NO4S. The Bertz CT molecular complexity index is 1010. The molecule has 2 atom stereocenters. The van der Waals surface area contributed by atoms with Crippen LogP contribution in [0.4, 0.5) is 0 Å². The van der Waals surface area contributed by atoms with E-state index in [0.717, 1.165) is 16.5 Å². The Hall–Kier alpha value is -2.60. The molecule has 1 aromatic heterocycles. The van der Waals surface area contributed by atoms with Crippen LogP contribution in [0.1, 0.15) is 23.8 Å². The third-order valence-electron chi connectivity index (χ3n) is 4.75. The van der Waals surface area contributed by atoms with Crippen LogP contribution in [0.25, 0.3) is 11.0 Å². The monoisotopic (exact) mass is 369 g/mol. The first-order chi connectivity index (χ1) is 12.5. The van der Waals surface area contributed by atoms with Crippen LogP contribution in [0.3, 0.4) is 0 Å². The number of nitrogens with one attached hydrogen (secondary N) is 1. The van der Waals surface area contributed by atoms with Crippen molar-refractivity contribution in [3.63, 3.8) is 0 Å². The van der Waals surface area contributed by atoms with Crippen molar-refractivity contribution in [2.75, 3.05) is 11.5 Å². The Balaban J connectivity index is 1.66. The van der Waals surface area contributed by atoms with Crippen molar-refractivity contribution in [3.8, 4) is 0 Å². The van der Waals surface area contributed by atoms with Gasteiger partial charge < -0.3 is 9.73 Å². The molecule has 6 heteroatoms. The maximum atomic E-state index is 12.7. The predicted octanol–water partition coefficient (Wildman–Crippen LogP) is 3.07. The highest BCUT2D eigenvalue weighted by Gasteiger charge is 2.34. The predicted molar refractivity (Wildman–Crippen MR) is 99.4 cm³/mol. The molecule has 5 nitrogen and oxygen atoms in total. The van der Waals surface area contributed by atoms with E-state index in [-0.39, 0.29) is 17.4 Å². The summed E-state index contributed by atoms with van der Waals surface area (Å²) < 4.78 is 29.3. The number of rotatable bonds is 4. The van der Waals surface area contributed by atoms with Crippen LogP contribution in [0.15, 0.2) is 65.1 Å². The van der Waals surface area contributed by atoms with Crippen molar-refractivity contribution < 1.29 is 17.6 Å². The maximum absolute atomic E-state index is 12.7. The van der Waals surface area contributed by atoms with Crippen LogP contribution in [0.5, 0.6) is 0 Å². The SMILES string of the molecule is O=C(N[C@@H](c1ccccc1)c1cc2ccccc2o1)[C@@H]1CCS(=O)(=O)C1. The highest BCUT2D eigenvalue weighted by Crippen LogP contribution is 2.29. The lowest BCUT2D eigenvalue weighted by molar-refractivity contribution is -0.124. The summed E-state index contributed by atoms with van der Waals surface area (Å²) in [6, 6.07) is 18.7. The van der Waals surface area contributed by atoms with Gasteiger partial charge in [-0.3, -0.25) is 4.79 Å². The van der Waals surface area contributed by atoms with Gasteiger partial charge in [0.1, 0.15) is 17.4 Å². The second-order valence-corrected chi connectivity index (χ2v) is 8.87. The molecule has 1 N–H and O–H groups in total. The van der Waals surface area contributed by atoms with Crippen molar-refractivity contribution in [1.29, 1.82) is 0 Å². The van der Waals surface area contributed by atoms with E-state index >= 15 is 0 Å². The second kappa shape index (κ2) is 6.61. The Morgan fingerprint density at radius 2 is 1.81 bits per heavy atom. The summed E-state index contributed by atoms with van der Waals surface area (Å²) in [4.78, 5) is 12.7. The van der Waals surface area contributed by atoms with E-state index in [4.69, 9.17) is 4.42 Å². The summed E-state index contributed by atoms with van der Waals surface area (Å²) in [7, 11) is -3.11. The molecule has 0 saturated carbocycles. The number of fused-ring (bicyclic) bond motifs is 1. The number of hydrogen-bond acceptors (Lipinski definition) is 4. The molecule has 0 radical (unpaired) electrons. The number of sulfone groups is 1. The summed E-state index contributed by atoms with van der Waals surface area (Å²) >= 11 is 0. The maximum Gasteiger partial charge on any atom is 0.225 e. The molecule has 134 valence electrons. The topological polar surface area (TPSA) is 76.4 Å². The number of carbonyl (C=O) groups excluding carboxylic acids is 1. The Morgan fingerprint density at radius 3 is 2.50 bits per heavy atom. The minimum absolute atomic E-state index is 0.0751. The van der Waals surface area contributed by atoms with Crippen molar-refractivity contribution in [2.45, 2.75) is 12.5 Å². The molecule has 1 saturated heterocycles. The van der Waals surface area contributed by atoms with Gasteiger partial charge >= 0.3 is 0 Å². The van der Waals surface area contributed by atoms with Gasteiger partial charge in [0.2, 0.25) is 5.91 Å². The van der Waals surface area contributed by atoms with E-state index in [2.05, 4.69) is 5.32 Å². The van der Waals surface area contributed by atoms with Crippen LogP contribution < -0.4 is 5.32 Å². The fourth-order valence-corrected chi connectivity index (χ4v) is 5.11. The molecule has 0 unspecified atom stereocenters. The largest absolute Gasteiger partial charge is 0.459 e. The van der Waals surface area contributed by atoms with Crippen LogP contribution in [-0.4, -0.2) is 25.8 Å². The third kappa shape index (κ3) is 3.37. The molecule has 1 aliphatic rings. The molecule has 1 amide bonds. The molecule has 0 aliphatic carbocycles. The lowest BCUT2D eigenvalue weighted by Gasteiger charge is -2.19. The van der Waals surface area contributed by atoms with Crippen LogP contribution in [0, 0.1) is 5.92 Å². The van der Waals surface area contributed by atoms with Gasteiger partial charge in [-0.15, -0.1) is 0 Å². The third-order valence-corrected chi connectivity index (χ3v) is 6.52. The molecule has 4 rings (SSSR count). The number of furan rings is 1. The number of hydrogen-bond donors (Lipinski definition) is 1. The van der Waals surface area contributed by atoms with Crippen molar-refractivity contribution in [1.82, 2.24) is 5.32 Å². The first-order valence-corrected chi connectivity index (χ1v) is 10.4. The summed E-state index contributed by atoms with van der Waals surface area (Å²) in [5, 5.41) is 3.95. The molecular weight excluding hydrogens is 350 g/mol. The van der Waals surface area contributed by atoms with E-state index in [1.165, 1.54) is 0 Å². The van der Waals surface area contributed by atoms with Gasteiger partial charge in [0.05, 0.1) is 17.4 Å². The average molecular weight is 369 g/mol. The Morgan fingerprint density at radius 1 is 1.08 bits per heavy atom. The van der Waals surface area contributed by atoms with Gasteiger partial charge in [0, 0.05) is 5.39 Å². The fraction of sp³-hybridized carbons (Fsp3) is 0.250. The second-order valence-electron chi connectivity index (χ2n) is 6.64. The molecule has 0 spiro atoms. The highest BCUT2D eigenvalue weighted by atomic mass is 32.2. The Kier molecular flexibility index (Phi) is 4.28. The molecule has 0 bridgehead atoms. The van der Waals surface area contributed by atoms with Gasteiger partial charge in [-0.05, 0) is 24.1 Å². The molecule has 2 aromatic carbocycles. The normalized spacial score (nSPS) is 20.1. The number of para-hydroxylation sites is 1. The van der Waals surface area contributed by atoms with E-state index in [9.17, 15) is 13.2 Å². The molecule has 3 aromatic rings. The van der Waals surface area contributed by atoms with Crippen LogP contribution >= 0.6 is 0 Å². The van der Waals surface area contributed by atoms with Crippen molar-refractivity contribution in [2.24, 2.45) is 5.92 Å². The quantitative estimate of drug-likeness (QED) is 0.767. The Labute approximate surface area is 151 Å². The van der Waals surface area contributed by atoms with E-state index in [0.29, 0.717) is 12.2 Å². The summed E-state index contributed by atoms with van der Waals surface area (Å²) in [5.41, 5.74) is 1.64. The zero-order valence-electron chi connectivity index (χ0n) is 14.1.